The number of hydrogen-bond acceptors (Lipinski definition) is 3. The third-order valence-electron chi connectivity index (χ3n) is 3.02. The second-order valence-electron chi connectivity index (χ2n) is 4.64. The summed E-state index contributed by atoms with van der Waals surface area (Å²) < 4.78 is 5.60. The normalized spacial score (nSPS) is 11.3. The summed E-state index contributed by atoms with van der Waals surface area (Å²) in [5.74, 6) is -0.155. The van der Waals surface area contributed by atoms with E-state index in [4.69, 9.17) is 4.74 Å². The van der Waals surface area contributed by atoms with Gasteiger partial charge in [0.25, 0.3) is 11.8 Å². The molecule has 0 spiro atoms. The highest BCUT2D eigenvalue weighted by atomic mass is 16.5. The highest BCUT2D eigenvalue weighted by Gasteiger charge is 2.19. The molecule has 0 saturated heterocycles. The van der Waals surface area contributed by atoms with Gasteiger partial charge in [-0.1, -0.05) is 43.3 Å². The summed E-state index contributed by atoms with van der Waals surface area (Å²) in [6, 6.07) is 17.7. The second-order valence-corrected chi connectivity index (χ2v) is 4.64. The average molecular weight is 298 g/mol. The summed E-state index contributed by atoms with van der Waals surface area (Å²) >= 11 is 0. The number of hydrazine groups is 1. The Labute approximate surface area is 129 Å². The van der Waals surface area contributed by atoms with Gasteiger partial charge in [-0.15, -0.1) is 0 Å². The number of ether oxygens (including phenoxy) is 1. The lowest BCUT2D eigenvalue weighted by Gasteiger charge is -2.17. The van der Waals surface area contributed by atoms with Crippen molar-refractivity contribution in [2.45, 2.75) is 19.4 Å². The van der Waals surface area contributed by atoms with Crippen LogP contribution in [0, 0.1) is 0 Å². The Morgan fingerprint density at radius 3 is 2.14 bits per heavy atom. The minimum atomic E-state index is -0.668. The van der Waals surface area contributed by atoms with Crippen LogP contribution < -0.4 is 15.6 Å². The average Bonchev–Trinajstić information content (AvgIpc) is 2.59. The molecule has 114 valence electrons. The molecule has 22 heavy (non-hydrogen) atoms. The van der Waals surface area contributed by atoms with Crippen LogP contribution in [0.1, 0.15) is 23.7 Å². The monoisotopic (exact) mass is 298 g/mol. The van der Waals surface area contributed by atoms with Crippen molar-refractivity contribution in [1.82, 2.24) is 10.9 Å². The standard InChI is InChI=1S/C17H18N2O3/c1-2-15(22-14-11-7-4-8-12-14)17(21)19-18-16(20)13-9-5-3-6-10-13/h3-12,15H,2H2,1H3,(H,18,20)(H,19,21). The minimum Gasteiger partial charge on any atom is -0.481 e. The molecule has 1 unspecified atom stereocenters. The van der Waals surface area contributed by atoms with Gasteiger partial charge >= 0.3 is 0 Å². The Bertz CT molecular complexity index is 614. The van der Waals surface area contributed by atoms with Gasteiger partial charge in [-0.3, -0.25) is 20.4 Å². The van der Waals surface area contributed by atoms with E-state index in [1.165, 1.54) is 0 Å². The zero-order chi connectivity index (χ0) is 15.8. The molecule has 0 fully saturated rings. The fraction of sp³-hybridized carbons (Fsp3) is 0.176. The van der Waals surface area contributed by atoms with E-state index in [0.717, 1.165) is 0 Å². The summed E-state index contributed by atoms with van der Waals surface area (Å²) in [7, 11) is 0. The van der Waals surface area contributed by atoms with Crippen molar-refractivity contribution in [2.24, 2.45) is 0 Å². The molecule has 0 saturated carbocycles. The third-order valence-corrected chi connectivity index (χ3v) is 3.02. The van der Waals surface area contributed by atoms with E-state index < -0.39 is 12.0 Å². The van der Waals surface area contributed by atoms with Crippen molar-refractivity contribution < 1.29 is 14.3 Å². The first-order valence-corrected chi connectivity index (χ1v) is 7.07. The highest BCUT2D eigenvalue weighted by molar-refractivity contribution is 5.95. The van der Waals surface area contributed by atoms with Crippen LogP contribution in [-0.4, -0.2) is 17.9 Å². The summed E-state index contributed by atoms with van der Waals surface area (Å²) in [6.07, 6.45) is -0.180. The zero-order valence-electron chi connectivity index (χ0n) is 12.3. The lowest BCUT2D eigenvalue weighted by Crippen LogP contribution is -2.47. The van der Waals surface area contributed by atoms with Gasteiger partial charge in [0.05, 0.1) is 0 Å². The van der Waals surface area contributed by atoms with Crippen LogP contribution in [0.5, 0.6) is 5.75 Å². The number of amides is 2. The van der Waals surface area contributed by atoms with E-state index in [2.05, 4.69) is 10.9 Å². The summed E-state index contributed by atoms with van der Waals surface area (Å²) in [5, 5.41) is 0. The number of benzene rings is 2. The van der Waals surface area contributed by atoms with Crippen LogP contribution >= 0.6 is 0 Å². The molecule has 2 amide bonds. The molecule has 0 aromatic heterocycles. The smallest absolute Gasteiger partial charge is 0.279 e. The maximum absolute atomic E-state index is 12.1. The maximum atomic E-state index is 12.1. The van der Waals surface area contributed by atoms with Gasteiger partial charge in [0, 0.05) is 5.56 Å². The topological polar surface area (TPSA) is 67.4 Å². The number of rotatable bonds is 5. The fourth-order valence-electron chi connectivity index (χ4n) is 1.85. The van der Waals surface area contributed by atoms with Gasteiger partial charge in [0.15, 0.2) is 6.10 Å². The molecular formula is C17H18N2O3. The lowest BCUT2D eigenvalue weighted by molar-refractivity contribution is -0.128. The van der Waals surface area contributed by atoms with Gasteiger partial charge < -0.3 is 4.74 Å². The quantitative estimate of drug-likeness (QED) is 0.832. The summed E-state index contributed by atoms with van der Waals surface area (Å²) in [4.78, 5) is 23.9. The van der Waals surface area contributed by atoms with E-state index in [0.29, 0.717) is 17.7 Å². The Morgan fingerprint density at radius 2 is 1.55 bits per heavy atom. The molecule has 2 aromatic rings. The molecule has 2 aromatic carbocycles. The van der Waals surface area contributed by atoms with Crippen molar-refractivity contribution >= 4 is 11.8 Å². The Balaban J connectivity index is 1.88. The molecular weight excluding hydrogens is 280 g/mol. The minimum absolute atomic E-state index is 0.372. The SMILES string of the molecule is CCC(Oc1ccccc1)C(=O)NNC(=O)c1ccccc1. The molecule has 2 rings (SSSR count). The van der Waals surface area contributed by atoms with Crippen LogP contribution in [0.3, 0.4) is 0 Å². The number of carbonyl (C=O) groups is 2. The van der Waals surface area contributed by atoms with Gasteiger partial charge in [-0.05, 0) is 30.7 Å². The first-order valence-electron chi connectivity index (χ1n) is 7.07. The molecule has 0 radical (unpaired) electrons. The zero-order valence-corrected chi connectivity index (χ0v) is 12.3. The number of para-hydroxylation sites is 1. The maximum Gasteiger partial charge on any atom is 0.279 e. The Morgan fingerprint density at radius 1 is 0.955 bits per heavy atom. The van der Waals surface area contributed by atoms with Gasteiger partial charge in [0.1, 0.15) is 5.75 Å². The van der Waals surface area contributed by atoms with Crippen molar-refractivity contribution in [2.75, 3.05) is 0 Å². The van der Waals surface area contributed by atoms with E-state index in [9.17, 15) is 9.59 Å². The second kappa shape index (κ2) is 7.83. The van der Waals surface area contributed by atoms with Crippen LogP contribution in [0.15, 0.2) is 60.7 Å². The first kappa shape index (κ1) is 15.6. The Hall–Kier alpha value is -2.82. The van der Waals surface area contributed by atoms with Crippen molar-refractivity contribution in [1.29, 1.82) is 0 Å². The molecule has 0 aliphatic rings. The van der Waals surface area contributed by atoms with Gasteiger partial charge in [-0.25, -0.2) is 0 Å². The molecule has 5 nitrogen and oxygen atoms in total. The predicted octanol–water partition coefficient (Wildman–Crippen LogP) is 2.31. The van der Waals surface area contributed by atoms with E-state index in [1.54, 1.807) is 36.4 Å². The number of nitrogens with one attached hydrogen (secondary N) is 2. The molecule has 2 N–H and O–H groups in total. The van der Waals surface area contributed by atoms with Gasteiger partial charge in [0.2, 0.25) is 0 Å². The highest BCUT2D eigenvalue weighted by Crippen LogP contribution is 2.12. The van der Waals surface area contributed by atoms with Crippen LogP contribution in [-0.2, 0) is 4.79 Å². The van der Waals surface area contributed by atoms with E-state index >= 15 is 0 Å². The molecule has 0 aliphatic carbocycles. The molecule has 0 bridgehead atoms. The van der Waals surface area contributed by atoms with Crippen molar-refractivity contribution in [3.63, 3.8) is 0 Å². The number of carbonyl (C=O) groups excluding carboxylic acids is 2. The van der Waals surface area contributed by atoms with E-state index in [-0.39, 0.29) is 5.91 Å². The lowest BCUT2D eigenvalue weighted by atomic mass is 10.2. The fourth-order valence-corrected chi connectivity index (χ4v) is 1.85. The summed E-state index contributed by atoms with van der Waals surface area (Å²) in [5.41, 5.74) is 5.24. The third kappa shape index (κ3) is 4.34. The molecule has 1 atom stereocenters. The molecule has 0 heterocycles. The van der Waals surface area contributed by atoms with Crippen molar-refractivity contribution in [3.8, 4) is 5.75 Å². The van der Waals surface area contributed by atoms with Crippen LogP contribution in [0.25, 0.3) is 0 Å². The van der Waals surface area contributed by atoms with Crippen LogP contribution in [0.2, 0.25) is 0 Å². The number of hydrogen-bond donors (Lipinski definition) is 2. The summed E-state index contributed by atoms with van der Waals surface area (Å²) in [6.45, 7) is 1.84. The molecule has 5 heteroatoms. The van der Waals surface area contributed by atoms with Crippen LogP contribution in [0.4, 0.5) is 0 Å². The molecule has 0 aliphatic heterocycles. The largest absolute Gasteiger partial charge is 0.481 e. The Kier molecular flexibility index (Phi) is 5.54. The van der Waals surface area contributed by atoms with E-state index in [1.807, 2.05) is 31.2 Å². The van der Waals surface area contributed by atoms with Gasteiger partial charge in [-0.2, -0.15) is 0 Å². The first-order chi connectivity index (χ1) is 10.7. The predicted molar refractivity (Wildman–Crippen MR) is 83.2 cm³/mol. The van der Waals surface area contributed by atoms with Crippen molar-refractivity contribution in [3.05, 3.63) is 66.2 Å².